The van der Waals surface area contributed by atoms with E-state index in [0.717, 1.165) is 0 Å². The van der Waals surface area contributed by atoms with Crippen LogP contribution in [-0.2, 0) is 0 Å². The first-order valence-electron chi connectivity index (χ1n) is 3.22. The van der Waals surface area contributed by atoms with Crippen molar-refractivity contribution in [1.82, 2.24) is 5.32 Å². The van der Waals surface area contributed by atoms with Gasteiger partial charge in [-0.15, -0.1) is 0 Å². The van der Waals surface area contributed by atoms with Gasteiger partial charge in [-0.05, 0) is 6.92 Å². The molecule has 0 aliphatic rings. The lowest BCUT2D eigenvalue weighted by molar-refractivity contribution is 0.00273. The zero-order valence-electron chi connectivity index (χ0n) is 6.10. The number of alkyl halides is 1. The second-order valence-electron chi connectivity index (χ2n) is 2.52. The molecule has 1 unspecified atom stereocenters. The van der Waals surface area contributed by atoms with Crippen LogP contribution in [0.25, 0.3) is 0 Å². The standard InChI is InChI=1S/C6H14FNO2/c1-6(10,5-9)4-8-3-2-7/h8-10H,2-5H2,1H3. The predicted octanol–water partition coefficient (Wildman–Crippen LogP) is -0.711. The van der Waals surface area contributed by atoms with Crippen molar-refractivity contribution >= 4 is 0 Å². The predicted molar refractivity (Wildman–Crippen MR) is 36.6 cm³/mol. The Kier molecular flexibility index (Phi) is 4.51. The lowest BCUT2D eigenvalue weighted by Crippen LogP contribution is -2.41. The molecule has 0 fully saturated rings. The highest BCUT2D eigenvalue weighted by atomic mass is 19.1. The molecule has 3 N–H and O–H groups in total. The number of hydrogen-bond acceptors (Lipinski definition) is 3. The lowest BCUT2D eigenvalue weighted by Gasteiger charge is -2.19. The summed E-state index contributed by atoms with van der Waals surface area (Å²) < 4.78 is 11.5. The Bertz CT molecular complexity index is 87.8. The van der Waals surface area contributed by atoms with Crippen LogP contribution < -0.4 is 5.32 Å². The molecule has 3 nitrogen and oxygen atoms in total. The zero-order valence-corrected chi connectivity index (χ0v) is 6.10. The minimum atomic E-state index is -1.13. The summed E-state index contributed by atoms with van der Waals surface area (Å²) in [5.74, 6) is 0. The van der Waals surface area contributed by atoms with Gasteiger partial charge in [0, 0.05) is 13.1 Å². The Morgan fingerprint density at radius 2 is 2.20 bits per heavy atom. The van der Waals surface area contributed by atoms with Crippen LogP contribution in [0.1, 0.15) is 6.92 Å². The minimum Gasteiger partial charge on any atom is -0.393 e. The zero-order chi connectivity index (χ0) is 8.04. The van der Waals surface area contributed by atoms with Gasteiger partial charge in [-0.25, -0.2) is 4.39 Å². The summed E-state index contributed by atoms with van der Waals surface area (Å²) in [6.45, 7) is 1.15. The summed E-state index contributed by atoms with van der Waals surface area (Å²) in [5, 5.41) is 20.3. The molecule has 0 aromatic carbocycles. The van der Waals surface area contributed by atoms with Crippen LogP contribution in [0, 0.1) is 0 Å². The van der Waals surface area contributed by atoms with Gasteiger partial charge < -0.3 is 15.5 Å². The van der Waals surface area contributed by atoms with E-state index in [2.05, 4.69) is 5.32 Å². The summed E-state index contributed by atoms with van der Waals surface area (Å²) in [7, 11) is 0. The molecule has 4 heteroatoms. The minimum absolute atomic E-state index is 0.216. The third-order valence-corrected chi connectivity index (χ3v) is 1.12. The lowest BCUT2D eigenvalue weighted by atomic mass is 10.1. The van der Waals surface area contributed by atoms with Crippen molar-refractivity contribution in [2.45, 2.75) is 12.5 Å². The maximum Gasteiger partial charge on any atom is 0.102 e. The highest BCUT2D eigenvalue weighted by Crippen LogP contribution is 1.97. The Morgan fingerprint density at radius 1 is 1.60 bits per heavy atom. The molecule has 0 rings (SSSR count). The first kappa shape index (κ1) is 9.81. The molecule has 0 radical (unpaired) electrons. The van der Waals surface area contributed by atoms with Crippen LogP contribution in [0.2, 0.25) is 0 Å². The highest BCUT2D eigenvalue weighted by Gasteiger charge is 2.17. The van der Waals surface area contributed by atoms with E-state index in [4.69, 9.17) is 10.2 Å². The first-order valence-corrected chi connectivity index (χ1v) is 3.22. The van der Waals surface area contributed by atoms with Crippen LogP contribution in [0.5, 0.6) is 0 Å². The second kappa shape index (κ2) is 4.60. The molecular weight excluding hydrogens is 137 g/mol. The van der Waals surface area contributed by atoms with Gasteiger partial charge in [-0.3, -0.25) is 0 Å². The molecule has 0 saturated heterocycles. The fraction of sp³-hybridized carbons (Fsp3) is 1.00. The number of aliphatic hydroxyl groups is 2. The van der Waals surface area contributed by atoms with E-state index >= 15 is 0 Å². The quantitative estimate of drug-likeness (QED) is 0.455. The smallest absolute Gasteiger partial charge is 0.102 e. The number of nitrogens with one attached hydrogen (secondary N) is 1. The Hall–Kier alpha value is -0.190. The van der Waals surface area contributed by atoms with E-state index in [0.29, 0.717) is 0 Å². The molecule has 0 aliphatic carbocycles. The van der Waals surface area contributed by atoms with Crippen LogP contribution in [-0.4, -0.2) is 42.2 Å². The van der Waals surface area contributed by atoms with E-state index in [1.165, 1.54) is 6.92 Å². The van der Waals surface area contributed by atoms with Gasteiger partial charge in [0.2, 0.25) is 0 Å². The Labute approximate surface area is 59.9 Å². The van der Waals surface area contributed by atoms with Crippen molar-refractivity contribution in [2.75, 3.05) is 26.4 Å². The fourth-order valence-corrected chi connectivity index (χ4v) is 0.480. The van der Waals surface area contributed by atoms with E-state index in [-0.39, 0.29) is 19.7 Å². The molecule has 0 spiro atoms. The van der Waals surface area contributed by atoms with Gasteiger partial charge in [0.1, 0.15) is 6.67 Å². The van der Waals surface area contributed by atoms with Gasteiger partial charge in [0.25, 0.3) is 0 Å². The van der Waals surface area contributed by atoms with E-state index < -0.39 is 12.3 Å². The van der Waals surface area contributed by atoms with Gasteiger partial charge in [-0.2, -0.15) is 0 Å². The van der Waals surface area contributed by atoms with E-state index in [9.17, 15) is 4.39 Å². The fourth-order valence-electron chi connectivity index (χ4n) is 0.480. The molecule has 0 aromatic rings. The topological polar surface area (TPSA) is 52.5 Å². The molecule has 0 saturated carbocycles. The summed E-state index contributed by atoms with van der Waals surface area (Å²) in [6.07, 6.45) is 0. The highest BCUT2D eigenvalue weighted by molar-refractivity contribution is 4.73. The van der Waals surface area contributed by atoms with Crippen molar-refractivity contribution in [3.63, 3.8) is 0 Å². The largest absolute Gasteiger partial charge is 0.393 e. The summed E-state index contributed by atoms with van der Waals surface area (Å²) in [6, 6.07) is 0. The molecule has 1 atom stereocenters. The van der Waals surface area contributed by atoms with Crippen molar-refractivity contribution in [3.05, 3.63) is 0 Å². The SMILES string of the molecule is CC(O)(CO)CNCCF. The van der Waals surface area contributed by atoms with Crippen LogP contribution >= 0.6 is 0 Å². The number of aliphatic hydroxyl groups excluding tert-OH is 1. The molecule has 0 heterocycles. The third-order valence-electron chi connectivity index (χ3n) is 1.12. The number of rotatable bonds is 5. The van der Waals surface area contributed by atoms with Crippen molar-refractivity contribution in [1.29, 1.82) is 0 Å². The molecule has 0 aliphatic heterocycles. The van der Waals surface area contributed by atoms with Crippen molar-refractivity contribution < 1.29 is 14.6 Å². The second-order valence-corrected chi connectivity index (χ2v) is 2.52. The van der Waals surface area contributed by atoms with E-state index in [1.807, 2.05) is 0 Å². The summed E-state index contributed by atoms with van der Waals surface area (Å²) in [5.41, 5.74) is -1.13. The average molecular weight is 151 g/mol. The van der Waals surface area contributed by atoms with Crippen LogP contribution in [0.15, 0.2) is 0 Å². The molecule has 0 bridgehead atoms. The molecule has 0 amide bonds. The monoisotopic (exact) mass is 151 g/mol. The van der Waals surface area contributed by atoms with Crippen molar-refractivity contribution in [2.24, 2.45) is 0 Å². The molecule has 10 heavy (non-hydrogen) atoms. The molecule has 62 valence electrons. The third kappa shape index (κ3) is 4.67. The average Bonchev–Trinajstić information content (AvgIpc) is 1.89. The summed E-state index contributed by atoms with van der Waals surface area (Å²) in [4.78, 5) is 0. The maximum absolute atomic E-state index is 11.5. The van der Waals surface area contributed by atoms with Gasteiger partial charge in [-0.1, -0.05) is 0 Å². The van der Waals surface area contributed by atoms with Crippen LogP contribution in [0.3, 0.4) is 0 Å². The molecule has 0 aromatic heterocycles. The van der Waals surface area contributed by atoms with Gasteiger partial charge in [0.15, 0.2) is 0 Å². The van der Waals surface area contributed by atoms with Gasteiger partial charge in [0.05, 0.1) is 12.2 Å². The Balaban J connectivity index is 3.28. The number of hydrogen-bond donors (Lipinski definition) is 3. The molecular formula is C6H14FNO2. The first-order chi connectivity index (χ1) is 4.62. The van der Waals surface area contributed by atoms with Crippen molar-refractivity contribution in [3.8, 4) is 0 Å². The van der Waals surface area contributed by atoms with Gasteiger partial charge >= 0.3 is 0 Å². The normalized spacial score (nSPS) is 16.8. The summed E-state index contributed by atoms with van der Waals surface area (Å²) >= 11 is 0. The Morgan fingerprint density at radius 3 is 2.60 bits per heavy atom. The number of halogens is 1. The van der Waals surface area contributed by atoms with E-state index in [1.54, 1.807) is 0 Å². The van der Waals surface area contributed by atoms with Crippen LogP contribution in [0.4, 0.5) is 4.39 Å². The maximum atomic E-state index is 11.5.